The Labute approximate surface area is 389 Å². The summed E-state index contributed by atoms with van der Waals surface area (Å²) in [6.45, 7) is 7.04. The SMILES string of the molecule is Cc1nc2c(Br)cc(-c3ccccc3C(F)(F)F)nn2c1C(=O)Nc1cccnn1.Cc1nc2c(OC[C@H]3COC(C)(C)O3)cc(-c3ccccc3C(F)(F)F)nn2c1C(=O)Nc1cccnn1. The number of alkyl halides is 6. The third-order valence-electron chi connectivity index (χ3n) is 10.0. The molecule has 1 aliphatic rings. The van der Waals surface area contributed by atoms with Crippen LogP contribution >= 0.6 is 15.9 Å². The number of aromatic nitrogens is 10. The fourth-order valence-corrected chi connectivity index (χ4v) is 7.58. The Morgan fingerprint density at radius 2 is 1.22 bits per heavy atom. The molecule has 9 rings (SSSR count). The third-order valence-corrected chi connectivity index (χ3v) is 10.6. The van der Waals surface area contributed by atoms with Crippen molar-refractivity contribution in [2.45, 2.75) is 51.9 Å². The van der Waals surface area contributed by atoms with E-state index in [2.05, 4.69) is 67.1 Å². The number of carbonyl (C=O) groups excluding carboxylic acids is 2. The molecule has 6 aromatic heterocycles. The van der Waals surface area contributed by atoms with E-state index in [0.717, 1.165) is 12.1 Å². The molecule has 1 aliphatic heterocycles. The lowest BCUT2D eigenvalue weighted by atomic mass is 10.0. The van der Waals surface area contributed by atoms with Crippen molar-refractivity contribution in [3.63, 3.8) is 0 Å². The molecule has 0 saturated carbocycles. The Morgan fingerprint density at radius 3 is 1.69 bits per heavy atom. The summed E-state index contributed by atoms with van der Waals surface area (Å²) in [6.07, 6.45) is -6.70. The number of carbonyl (C=O) groups is 2. The molecule has 2 aromatic carbocycles. The van der Waals surface area contributed by atoms with Crippen molar-refractivity contribution < 1.29 is 50.1 Å². The number of benzene rings is 2. The number of nitrogens with one attached hydrogen (secondary N) is 2. The highest BCUT2D eigenvalue weighted by atomic mass is 79.9. The number of halogens is 7. The summed E-state index contributed by atoms with van der Waals surface area (Å²) >= 11 is 3.32. The van der Waals surface area contributed by atoms with Crippen LogP contribution in [-0.2, 0) is 21.8 Å². The van der Waals surface area contributed by atoms with Crippen LogP contribution in [-0.4, -0.2) is 86.5 Å². The molecule has 24 heteroatoms. The molecule has 8 aromatic rings. The minimum Gasteiger partial charge on any atom is -0.487 e. The van der Waals surface area contributed by atoms with Crippen LogP contribution in [0.2, 0.25) is 0 Å². The van der Waals surface area contributed by atoms with Crippen molar-refractivity contribution >= 4 is 50.7 Å². The summed E-state index contributed by atoms with van der Waals surface area (Å²) in [4.78, 5) is 34.8. The third kappa shape index (κ3) is 10.1. The maximum Gasteiger partial charge on any atom is 0.417 e. The number of amides is 2. The standard InChI is InChI=1S/C25H23F3N6O4.C19H12BrF3N6O/c1-14-21(23(35)31-20-9-6-10-29-32-20)34-22(30-14)19(36-12-15-13-37-24(2,3)38-15)11-18(33-34)16-7-4-5-8-17(16)25(26,27)28;1-10-16(18(30)26-15-7-4-8-24-27-15)29-17(25-10)13(20)9-14(28-29)11-5-2-3-6-12(11)19(21,22)23/h4-11,15H,12-13H2,1-3H3,(H,31,32,35);2-9H,1H3,(H,26,27,30)/t15-;/m0./s1. The number of ether oxygens (including phenoxy) is 3. The Kier molecular flexibility index (Phi) is 12.9. The van der Waals surface area contributed by atoms with Gasteiger partial charge in [0.15, 0.2) is 45.9 Å². The zero-order chi connectivity index (χ0) is 48.5. The first-order valence-electron chi connectivity index (χ1n) is 20.2. The molecule has 0 radical (unpaired) electrons. The van der Waals surface area contributed by atoms with Gasteiger partial charge in [0, 0.05) is 29.6 Å². The van der Waals surface area contributed by atoms with E-state index in [-0.39, 0.29) is 75.8 Å². The Bertz CT molecular complexity index is 3170. The van der Waals surface area contributed by atoms with Gasteiger partial charge >= 0.3 is 12.4 Å². The molecule has 2 amide bonds. The minimum atomic E-state index is -4.63. The van der Waals surface area contributed by atoms with E-state index in [1.807, 2.05) is 0 Å². The first kappa shape index (κ1) is 47.1. The Morgan fingerprint density at radius 1 is 0.735 bits per heavy atom. The van der Waals surface area contributed by atoms with Crippen LogP contribution in [0.4, 0.5) is 38.0 Å². The predicted molar refractivity (Wildman–Crippen MR) is 234 cm³/mol. The summed E-state index contributed by atoms with van der Waals surface area (Å²) in [6, 6.07) is 19.3. The van der Waals surface area contributed by atoms with E-state index >= 15 is 0 Å². The second-order valence-corrected chi connectivity index (χ2v) is 16.2. The molecule has 1 saturated heterocycles. The fourth-order valence-electron chi connectivity index (χ4n) is 7.11. The van der Waals surface area contributed by atoms with Crippen molar-refractivity contribution in [1.82, 2.24) is 49.6 Å². The van der Waals surface area contributed by atoms with Crippen LogP contribution in [0.15, 0.2) is 102 Å². The van der Waals surface area contributed by atoms with Gasteiger partial charge in [0.2, 0.25) is 0 Å². The van der Waals surface area contributed by atoms with Gasteiger partial charge in [-0.1, -0.05) is 36.4 Å². The summed E-state index contributed by atoms with van der Waals surface area (Å²) in [5.74, 6) is -1.45. The lowest BCUT2D eigenvalue weighted by Crippen LogP contribution is -2.25. The van der Waals surface area contributed by atoms with Gasteiger partial charge in [0.25, 0.3) is 11.8 Å². The number of anilines is 2. The zero-order valence-electron chi connectivity index (χ0n) is 35.9. The predicted octanol–water partition coefficient (Wildman–Crippen LogP) is 8.82. The van der Waals surface area contributed by atoms with Gasteiger partial charge in [-0.15, -0.1) is 10.2 Å². The molecule has 1 fully saturated rings. The fraction of sp³-hybridized carbons (Fsp3) is 0.227. The van der Waals surface area contributed by atoms with Gasteiger partial charge in [-0.25, -0.2) is 19.0 Å². The van der Waals surface area contributed by atoms with Crippen molar-refractivity contribution in [3.05, 3.63) is 136 Å². The van der Waals surface area contributed by atoms with Gasteiger partial charge in [0.1, 0.15) is 12.7 Å². The molecule has 68 heavy (non-hydrogen) atoms. The molecule has 0 bridgehead atoms. The summed E-state index contributed by atoms with van der Waals surface area (Å²) in [5, 5.41) is 28.9. The quantitative estimate of drug-likeness (QED) is 0.130. The van der Waals surface area contributed by atoms with Gasteiger partial charge in [-0.2, -0.15) is 46.7 Å². The zero-order valence-corrected chi connectivity index (χ0v) is 37.5. The first-order chi connectivity index (χ1) is 32.3. The summed E-state index contributed by atoms with van der Waals surface area (Å²) < 4.78 is 102. The largest absolute Gasteiger partial charge is 0.487 e. The molecule has 7 heterocycles. The van der Waals surface area contributed by atoms with E-state index in [4.69, 9.17) is 14.2 Å². The second-order valence-electron chi connectivity index (χ2n) is 15.3. The maximum absolute atomic E-state index is 13.8. The van der Waals surface area contributed by atoms with E-state index < -0.39 is 47.2 Å². The first-order valence-corrected chi connectivity index (χ1v) is 21.0. The molecule has 2 N–H and O–H groups in total. The number of hydrogen-bond acceptors (Lipinski definition) is 13. The van der Waals surface area contributed by atoms with Gasteiger partial charge < -0.3 is 24.8 Å². The van der Waals surface area contributed by atoms with Crippen molar-refractivity contribution in [2.75, 3.05) is 23.8 Å². The van der Waals surface area contributed by atoms with Crippen molar-refractivity contribution in [1.29, 1.82) is 0 Å². The lowest BCUT2D eigenvalue weighted by molar-refractivity contribution is -0.141. The maximum atomic E-state index is 13.8. The molecule has 17 nitrogen and oxygen atoms in total. The highest BCUT2D eigenvalue weighted by molar-refractivity contribution is 9.10. The molecule has 350 valence electrons. The number of fused-ring (bicyclic) bond motifs is 2. The van der Waals surface area contributed by atoms with Crippen LogP contribution < -0.4 is 15.4 Å². The van der Waals surface area contributed by atoms with Crippen LogP contribution in [0.1, 0.15) is 57.3 Å². The van der Waals surface area contributed by atoms with Gasteiger partial charge in [0.05, 0.1) is 45.0 Å². The molecule has 0 unspecified atom stereocenters. The van der Waals surface area contributed by atoms with Gasteiger partial charge in [-0.05, 0) is 86.1 Å². The Balaban J connectivity index is 0.000000189. The average Bonchev–Trinajstić information content (AvgIpc) is 3.95. The number of hydrogen-bond donors (Lipinski definition) is 2. The smallest absolute Gasteiger partial charge is 0.417 e. The van der Waals surface area contributed by atoms with Crippen molar-refractivity contribution in [2.24, 2.45) is 0 Å². The highest BCUT2D eigenvalue weighted by Crippen LogP contribution is 2.39. The molecule has 0 aliphatic carbocycles. The highest BCUT2D eigenvalue weighted by Gasteiger charge is 2.37. The van der Waals surface area contributed by atoms with Crippen molar-refractivity contribution in [3.8, 4) is 28.3 Å². The average molecular weight is 1010 g/mol. The van der Waals surface area contributed by atoms with Crippen LogP contribution in [0.5, 0.6) is 5.75 Å². The summed E-state index contributed by atoms with van der Waals surface area (Å²) in [7, 11) is 0. The lowest BCUT2D eigenvalue weighted by Gasteiger charge is -2.18. The van der Waals surface area contributed by atoms with E-state index in [9.17, 15) is 35.9 Å². The monoisotopic (exact) mass is 1000 g/mol. The molecule has 1 atom stereocenters. The van der Waals surface area contributed by atoms with Gasteiger partial charge in [-0.3, -0.25) is 9.59 Å². The Hall–Kier alpha value is -7.44. The molecule has 0 spiro atoms. The number of aryl methyl sites for hydroxylation is 2. The molecular weight excluding hydrogens is 970 g/mol. The summed E-state index contributed by atoms with van der Waals surface area (Å²) in [5.41, 5.74) is -0.866. The van der Waals surface area contributed by atoms with E-state index in [1.54, 1.807) is 52.0 Å². The topological polar surface area (TPSA) is 198 Å². The normalized spacial score (nSPS) is 14.7. The van der Waals surface area contributed by atoms with Crippen LogP contribution in [0, 0.1) is 13.8 Å². The number of imidazole rings is 2. The molecular formula is C44H35BrF6N12O5. The van der Waals surface area contributed by atoms with E-state index in [0.29, 0.717) is 15.8 Å². The van der Waals surface area contributed by atoms with Crippen LogP contribution in [0.3, 0.4) is 0 Å². The minimum absolute atomic E-state index is 0.00317. The number of nitrogens with zero attached hydrogens (tertiary/aromatic N) is 10. The number of rotatable bonds is 9. The van der Waals surface area contributed by atoms with Crippen LogP contribution in [0.25, 0.3) is 33.8 Å². The van der Waals surface area contributed by atoms with E-state index in [1.165, 1.54) is 70.0 Å². The second kappa shape index (κ2) is 18.7.